The normalized spacial score (nSPS) is 11.3. The van der Waals surface area contributed by atoms with Crippen molar-refractivity contribution >= 4 is 31.6 Å². The average Bonchev–Trinajstić information content (AvgIpc) is 2.39. The molecule has 0 unspecified atom stereocenters. The van der Waals surface area contributed by atoms with Crippen LogP contribution < -0.4 is 0 Å². The highest BCUT2D eigenvalue weighted by Crippen LogP contribution is 2.18. The van der Waals surface area contributed by atoms with Gasteiger partial charge in [-0.15, -0.1) is 0 Å². The van der Waals surface area contributed by atoms with Crippen LogP contribution >= 0.6 is 15.9 Å². The molecule has 0 radical (unpaired) electrons. The Morgan fingerprint density at radius 2 is 1.75 bits per heavy atom. The molecule has 0 aliphatic carbocycles. The van der Waals surface area contributed by atoms with E-state index in [0.29, 0.717) is 10.0 Å². The van der Waals surface area contributed by atoms with E-state index in [1.165, 1.54) is 12.1 Å². The van der Waals surface area contributed by atoms with Crippen LogP contribution in [0.4, 0.5) is 0 Å². The van der Waals surface area contributed by atoms with Crippen LogP contribution in [-0.4, -0.2) is 20.0 Å². The van der Waals surface area contributed by atoms with Gasteiger partial charge in [0.05, 0.1) is 4.90 Å². The van der Waals surface area contributed by atoms with Gasteiger partial charge in [0.15, 0.2) is 15.6 Å². The van der Waals surface area contributed by atoms with Gasteiger partial charge in [-0.25, -0.2) is 8.42 Å². The van der Waals surface area contributed by atoms with Crippen LogP contribution in [0.15, 0.2) is 57.9 Å². The molecular weight excluding hydrogens is 340 g/mol. The maximum absolute atomic E-state index is 12.2. The average molecular weight is 353 g/mol. The predicted octanol–water partition coefficient (Wildman–Crippen LogP) is 3.41. The smallest absolute Gasteiger partial charge is 0.185 e. The summed E-state index contributed by atoms with van der Waals surface area (Å²) in [6.07, 6.45) is 0. The van der Waals surface area contributed by atoms with Gasteiger partial charge in [-0.1, -0.05) is 51.8 Å². The number of rotatable bonds is 4. The highest BCUT2D eigenvalue weighted by atomic mass is 79.9. The van der Waals surface area contributed by atoms with Gasteiger partial charge in [0.25, 0.3) is 0 Å². The first-order chi connectivity index (χ1) is 9.38. The van der Waals surface area contributed by atoms with Gasteiger partial charge in [-0.3, -0.25) is 4.79 Å². The molecule has 0 saturated heterocycles. The summed E-state index contributed by atoms with van der Waals surface area (Å²) in [4.78, 5) is 12.2. The van der Waals surface area contributed by atoms with Crippen LogP contribution in [-0.2, 0) is 9.84 Å². The fourth-order valence-corrected chi connectivity index (χ4v) is 3.56. The number of benzene rings is 2. The molecule has 0 heterocycles. The summed E-state index contributed by atoms with van der Waals surface area (Å²) in [6.45, 7) is 1.91. The molecule has 0 N–H and O–H groups in total. The molecule has 0 saturated carbocycles. The third-order valence-electron chi connectivity index (χ3n) is 2.85. The second kappa shape index (κ2) is 5.89. The standard InChI is InChI=1S/C15H13BrO3S/c1-11-5-7-12(8-6-11)15(17)10-20(18,19)14-4-2-3-13(16)9-14/h2-9H,10H2,1H3. The molecule has 0 atom stereocenters. The quantitative estimate of drug-likeness (QED) is 0.792. The molecule has 0 aromatic heterocycles. The van der Waals surface area contributed by atoms with Crippen molar-refractivity contribution in [2.24, 2.45) is 0 Å². The highest BCUT2D eigenvalue weighted by Gasteiger charge is 2.20. The lowest BCUT2D eigenvalue weighted by Crippen LogP contribution is -2.16. The van der Waals surface area contributed by atoms with Crippen molar-refractivity contribution in [3.05, 3.63) is 64.1 Å². The molecule has 0 amide bonds. The number of hydrogen-bond donors (Lipinski definition) is 0. The molecule has 104 valence electrons. The molecule has 0 aliphatic rings. The Kier molecular flexibility index (Phi) is 4.40. The van der Waals surface area contributed by atoms with E-state index in [0.717, 1.165) is 5.56 Å². The number of ketones is 1. The Labute approximate surface area is 126 Å². The number of halogens is 1. The molecule has 2 aromatic rings. The van der Waals surface area contributed by atoms with E-state index in [1.54, 1.807) is 36.4 Å². The minimum atomic E-state index is -3.62. The van der Waals surface area contributed by atoms with Gasteiger partial charge in [0.2, 0.25) is 0 Å². The van der Waals surface area contributed by atoms with Crippen molar-refractivity contribution < 1.29 is 13.2 Å². The van der Waals surface area contributed by atoms with Gasteiger partial charge in [0.1, 0.15) is 5.75 Å². The lowest BCUT2D eigenvalue weighted by molar-refractivity contribution is 0.102. The zero-order valence-corrected chi connectivity index (χ0v) is 13.2. The zero-order chi connectivity index (χ0) is 14.8. The van der Waals surface area contributed by atoms with Crippen molar-refractivity contribution in [1.29, 1.82) is 0 Å². The summed E-state index contributed by atoms with van der Waals surface area (Å²) in [6, 6.07) is 13.2. The molecule has 2 aromatic carbocycles. The van der Waals surface area contributed by atoms with Gasteiger partial charge < -0.3 is 0 Å². The van der Waals surface area contributed by atoms with Crippen LogP contribution in [0.2, 0.25) is 0 Å². The third-order valence-corrected chi connectivity index (χ3v) is 4.96. The number of aryl methyl sites for hydroxylation is 1. The van der Waals surface area contributed by atoms with Crippen LogP contribution in [0.1, 0.15) is 15.9 Å². The summed E-state index contributed by atoms with van der Waals surface area (Å²) in [5.41, 5.74) is 1.44. The second-order valence-corrected chi connectivity index (χ2v) is 7.41. The van der Waals surface area contributed by atoms with Crippen LogP contribution in [0.3, 0.4) is 0 Å². The largest absolute Gasteiger partial charge is 0.293 e. The first kappa shape index (κ1) is 14.9. The Bertz CT molecular complexity index is 734. The lowest BCUT2D eigenvalue weighted by atomic mass is 10.1. The molecule has 2 rings (SSSR count). The number of hydrogen-bond acceptors (Lipinski definition) is 3. The van der Waals surface area contributed by atoms with Crippen LogP contribution in [0, 0.1) is 6.92 Å². The van der Waals surface area contributed by atoms with E-state index in [4.69, 9.17) is 0 Å². The van der Waals surface area contributed by atoms with Crippen LogP contribution in [0.5, 0.6) is 0 Å². The Morgan fingerprint density at radius 3 is 2.35 bits per heavy atom. The first-order valence-corrected chi connectivity index (χ1v) is 8.41. The maximum Gasteiger partial charge on any atom is 0.185 e. The number of Topliss-reactive ketones (excluding diaryl/α,β-unsaturated/α-hetero) is 1. The summed E-state index contributed by atoms with van der Waals surface area (Å²) in [7, 11) is -3.62. The van der Waals surface area contributed by atoms with Gasteiger partial charge in [-0.2, -0.15) is 0 Å². The van der Waals surface area contributed by atoms with Crippen molar-refractivity contribution in [2.45, 2.75) is 11.8 Å². The summed E-state index contributed by atoms with van der Waals surface area (Å²) >= 11 is 3.22. The van der Waals surface area contributed by atoms with E-state index >= 15 is 0 Å². The molecule has 0 spiro atoms. The van der Waals surface area contributed by atoms with Crippen molar-refractivity contribution in [3.8, 4) is 0 Å². The summed E-state index contributed by atoms with van der Waals surface area (Å²) < 4.78 is 25.1. The van der Waals surface area contributed by atoms with Crippen molar-refractivity contribution in [3.63, 3.8) is 0 Å². The molecule has 0 bridgehead atoms. The minimum Gasteiger partial charge on any atom is -0.293 e. The SMILES string of the molecule is Cc1ccc(C(=O)CS(=O)(=O)c2cccc(Br)c2)cc1. The van der Waals surface area contributed by atoms with Crippen molar-refractivity contribution in [1.82, 2.24) is 0 Å². The highest BCUT2D eigenvalue weighted by molar-refractivity contribution is 9.10. The fraction of sp³-hybridized carbons (Fsp3) is 0.133. The Balaban J connectivity index is 2.24. The molecule has 0 aliphatic heterocycles. The summed E-state index contributed by atoms with van der Waals surface area (Å²) in [5.74, 6) is -0.919. The topological polar surface area (TPSA) is 51.2 Å². The zero-order valence-electron chi connectivity index (χ0n) is 10.8. The molecule has 0 fully saturated rings. The lowest BCUT2D eigenvalue weighted by Gasteiger charge is -2.05. The summed E-state index contributed by atoms with van der Waals surface area (Å²) in [5, 5.41) is 0. The first-order valence-electron chi connectivity index (χ1n) is 5.97. The van der Waals surface area contributed by atoms with E-state index < -0.39 is 21.4 Å². The van der Waals surface area contributed by atoms with Gasteiger partial charge in [-0.05, 0) is 25.1 Å². The molecule has 20 heavy (non-hydrogen) atoms. The van der Waals surface area contributed by atoms with Gasteiger partial charge in [0, 0.05) is 10.0 Å². The maximum atomic E-state index is 12.2. The van der Waals surface area contributed by atoms with Crippen LogP contribution in [0.25, 0.3) is 0 Å². The van der Waals surface area contributed by atoms with Crippen molar-refractivity contribution in [2.75, 3.05) is 5.75 Å². The number of carbonyl (C=O) groups excluding carboxylic acids is 1. The molecular formula is C15H13BrO3S. The fourth-order valence-electron chi connectivity index (χ4n) is 1.74. The Hall–Kier alpha value is -1.46. The van der Waals surface area contributed by atoms with E-state index in [1.807, 2.05) is 6.92 Å². The van der Waals surface area contributed by atoms with E-state index in [9.17, 15) is 13.2 Å². The third kappa shape index (κ3) is 3.55. The molecule has 3 nitrogen and oxygen atoms in total. The van der Waals surface area contributed by atoms with E-state index in [-0.39, 0.29) is 4.90 Å². The van der Waals surface area contributed by atoms with E-state index in [2.05, 4.69) is 15.9 Å². The monoisotopic (exact) mass is 352 g/mol. The molecule has 5 heteroatoms. The number of sulfone groups is 1. The van der Waals surface area contributed by atoms with Gasteiger partial charge >= 0.3 is 0 Å². The predicted molar refractivity (Wildman–Crippen MR) is 81.7 cm³/mol. The minimum absolute atomic E-state index is 0.146. The Morgan fingerprint density at radius 1 is 1.10 bits per heavy atom. The number of carbonyl (C=O) groups is 1. The second-order valence-electron chi connectivity index (χ2n) is 4.51.